The maximum absolute atomic E-state index is 12.9. The highest BCUT2D eigenvalue weighted by Gasteiger charge is 2.36. The number of aryl methyl sites for hydroxylation is 1. The zero-order valence-electron chi connectivity index (χ0n) is 14.6. The van der Waals surface area contributed by atoms with E-state index in [0.29, 0.717) is 31.0 Å². The third-order valence-corrected chi connectivity index (χ3v) is 8.64. The minimum Gasteiger partial charge on any atom is -0.337 e. The van der Waals surface area contributed by atoms with Crippen LogP contribution in [0.1, 0.15) is 18.4 Å². The van der Waals surface area contributed by atoms with Crippen molar-refractivity contribution in [3.8, 4) is 0 Å². The molecule has 144 valence electrons. The van der Waals surface area contributed by atoms with Crippen molar-refractivity contribution >= 4 is 51.2 Å². The van der Waals surface area contributed by atoms with Gasteiger partial charge >= 0.3 is 6.03 Å². The van der Waals surface area contributed by atoms with Gasteiger partial charge in [0.25, 0.3) is 0 Å². The van der Waals surface area contributed by atoms with Gasteiger partial charge in [0.1, 0.15) is 4.21 Å². The van der Waals surface area contributed by atoms with Crippen LogP contribution in [-0.4, -0.2) is 69.8 Å². The molecule has 10 heteroatoms. The number of amides is 2. The molecular weight excluding hydrogens is 405 g/mol. The third-order valence-electron chi connectivity index (χ3n) is 4.07. The minimum atomic E-state index is -3.52. The van der Waals surface area contributed by atoms with Gasteiger partial charge in [-0.2, -0.15) is 0 Å². The predicted octanol–water partition coefficient (Wildman–Crippen LogP) is 2.64. The van der Waals surface area contributed by atoms with Gasteiger partial charge < -0.3 is 15.1 Å². The molecule has 0 aromatic carbocycles. The van der Waals surface area contributed by atoms with Crippen molar-refractivity contribution in [1.29, 1.82) is 0 Å². The fourth-order valence-electron chi connectivity index (χ4n) is 2.62. The molecule has 6 nitrogen and oxygen atoms in total. The Morgan fingerprint density at radius 2 is 2.16 bits per heavy atom. The average molecular weight is 430 g/mol. The second-order valence-corrected chi connectivity index (χ2v) is 9.99. The molecule has 25 heavy (non-hydrogen) atoms. The van der Waals surface area contributed by atoms with Crippen LogP contribution < -0.4 is 5.32 Å². The first-order valence-electron chi connectivity index (χ1n) is 7.88. The molecule has 2 rings (SSSR count). The van der Waals surface area contributed by atoms with E-state index in [1.54, 1.807) is 17.2 Å². The summed E-state index contributed by atoms with van der Waals surface area (Å²) in [5.41, 5.74) is 0.773. The molecule has 1 aliphatic heterocycles. The molecule has 0 bridgehead atoms. The Balaban J connectivity index is 0.00000312. The molecule has 0 saturated carbocycles. The minimum absolute atomic E-state index is 0. The Labute approximate surface area is 164 Å². The molecule has 0 radical (unpaired) electrons. The summed E-state index contributed by atoms with van der Waals surface area (Å²) in [5.74, 6) is 0. The van der Waals surface area contributed by atoms with Crippen LogP contribution in [0.3, 0.4) is 0 Å². The fourth-order valence-corrected chi connectivity index (χ4v) is 6.52. The first kappa shape index (κ1) is 22.5. The van der Waals surface area contributed by atoms with Gasteiger partial charge in [-0.05, 0) is 44.8 Å². The van der Waals surface area contributed by atoms with Crippen LogP contribution in [-0.2, 0) is 9.84 Å². The number of sulfone groups is 1. The first-order valence-corrected chi connectivity index (χ1v) is 10.7. The summed E-state index contributed by atoms with van der Waals surface area (Å²) in [6.07, 6.45) is 1.23. The Morgan fingerprint density at radius 1 is 1.48 bits per heavy atom. The highest BCUT2D eigenvalue weighted by Crippen LogP contribution is 2.35. The zero-order valence-corrected chi connectivity index (χ0v) is 17.8. The molecule has 0 spiro atoms. The van der Waals surface area contributed by atoms with E-state index in [0.717, 1.165) is 23.4 Å². The molecular formula is C15H25Cl2N3O3S2. The fraction of sp³-hybridized carbons (Fsp3) is 0.667. The van der Waals surface area contributed by atoms with Gasteiger partial charge in [0, 0.05) is 26.2 Å². The van der Waals surface area contributed by atoms with E-state index in [4.69, 9.17) is 11.6 Å². The normalized spacial score (nSPS) is 18.1. The summed E-state index contributed by atoms with van der Waals surface area (Å²) in [6.45, 7) is 3.87. The van der Waals surface area contributed by atoms with Crippen LogP contribution in [0.2, 0.25) is 5.02 Å². The number of nitrogens with one attached hydrogen (secondary N) is 1. The highest BCUT2D eigenvalue weighted by molar-refractivity contribution is 7.94. The Hall–Kier alpha value is -0.540. The number of likely N-dealkylation sites (tertiary alicyclic amines) is 1. The van der Waals surface area contributed by atoms with Gasteiger partial charge in [-0.25, -0.2) is 13.2 Å². The summed E-state index contributed by atoms with van der Waals surface area (Å²) in [6, 6.07) is -0.204. The molecule has 1 atom stereocenters. The predicted molar refractivity (Wildman–Crippen MR) is 105 cm³/mol. The first-order chi connectivity index (χ1) is 11.2. The van der Waals surface area contributed by atoms with Crippen molar-refractivity contribution in [2.75, 3.05) is 40.3 Å². The molecule has 1 N–H and O–H groups in total. The van der Waals surface area contributed by atoms with Crippen molar-refractivity contribution in [3.05, 3.63) is 16.0 Å². The number of likely N-dealkylation sites (N-methyl/N-ethyl adjacent to an activating group) is 1. The number of halogens is 2. The standard InChI is InChI=1S/C15H24ClN3O3S2.ClH/c1-11-10-23-14(13(11)16)24(21,22)12-5-4-7-19(9-12)15(20)17-6-8-18(2)3;/h10,12H,4-9H2,1-3H3,(H,17,20);1H. The van der Waals surface area contributed by atoms with Gasteiger partial charge in [0.2, 0.25) is 0 Å². The van der Waals surface area contributed by atoms with E-state index in [9.17, 15) is 13.2 Å². The molecule has 2 amide bonds. The SMILES string of the molecule is Cc1csc(S(=O)(=O)C2CCCN(C(=O)NCCN(C)C)C2)c1Cl.Cl. The van der Waals surface area contributed by atoms with E-state index in [1.807, 2.05) is 19.0 Å². The Bertz CT molecular complexity index is 692. The Morgan fingerprint density at radius 3 is 2.72 bits per heavy atom. The number of urea groups is 1. The van der Waals surface area contributed by atoms with Crippen LogP contribution in [0.4, 0.5) is 4.79 Å². The van der Waals surface area contributed by atoms with Gasteiger partial charge in [-0.15, -0.1) is 23.7 Å². The van der Waals surface area contributed by atoms with Crippen LogP contribution in [0.5, 0.6) is 0 Å². The quantitative estimate of drug-likeness (QED) is 0.780. The number of thiophene rings is 1. The molecule has 1 aliphatic rings. The van der Waals surface area contributed by atoms with Crippen LogP contribution in [0, 0.1) is 6.92 Å². The van der Waals surface area contributed by atoms with Crippen molar-refractivity contribution in [2.24, 2.45) is 0 Å². The van der Waals surface area contributed by atoms with Crippen molar-refractivity contribution in [3.63, 3.8) is 0 Å². The lowest BCUT2D eigenvalue weighted by Crippen LogP contribution is -2.49. The lowest BCUT2D eigenvalue weighted by Gasteiger charge is -2.32. The van der Waals surface area contributed by atoms with Crippen molar-refractivity contribution < 1.29 is 13.2 Å². The third kappa shape index (κ3) is 5.47. The van der Waals surface area contributed by atoms with Gasteiger partial charge in [-0.3, -0.25) is 0 Å². The summed E-state index contributed by atoms with van der Waals surface area (Å²) in [4.78, 5) is 15.8. The van der Waals surface area contributed by atoms with Crippen molar-refractivity contribution in [2.45, 2.75) is 29.2 Å². The number of hydrogen-bond acceptors (Lipinski definition) is 5. The molecule has 1 aromatic heterocycles. The summed E-state index contributed by atoms with van der Waals surface area (Å²) < 4.78 is 25.9. The summed E-state index contributed by atoms with van der Waals surface area (Å²) in [5, 5.41) is 4.31. The topological polar surface area (TPSA) is 69.7 Å². The lowest BCUT2D eigenvalue weighted by atomic mass is 10.1. The van der Waals surface area contributed by atoms with Crippen LogP contribution in [0.15, 0.2) is 9.59 Å². The molecule has 1 unspecified atom stereocenters. The van der Waals surface area contributed by atoms with Gasteiger partial charge in [-0.1, -0.05) is 11.6 Å². The van der Waals surface area contributed by atoms with Gasteiger partial charge in [0.15, 0.2) is 9.84 Å². The molecule has 1 fully saturated rings. The smallest absolute Gasteiger partial charge is 0.317 e. The number of rotatable bonds is 5. The van der Waals surface area contributed by atoms with Gasteiger partial charge in [0.05, 0.1) is 10.3 Å². The number of carbonyl (C=O) groups excluding carboxylic acids is 1. The largest absolute Gasteiger partial charge is 0.337 e. The highest BCUT2D eigenvalue weighted by atomic mass is 35.5. The average Bonchev–Trinajstić information content (AvgIpc) is 2.87. The van der Waals surface area contributed by atoms with E-state index in [1.165, 1.54) is 0 Å². The van der Waals surface area contributed by atoms with Crippen LogP contribution >= 0.6 is 35.3 Å². The number of piperidine rings is 1. The lowest BCUT2D eigenvalue weighted by molar-refractivity contribution is 0.186. The molecule has 2 heterocycles. The van der Waals surface area contributed by atoms with Crippen molar-refractivity contribution in [1.82, 2.24) is 15.1 Å². The van der Waals surface area contributed by atoms with E-state index >= 15 is 0 Å². The number of nitrogens with zero attached hydrogens (tertiary/aromatic N) is 2. The molecule has 0 aliphatic carbocycles. The second-order valence-electron chi connectivity index (χ2n) is 6.31. The van der Waals surface area contributed by atoms with E-state index < -0.39 is 15.1 Å². The maximum Gasteiger partial charge on any atom is 0.317 e. The summed E-state index contributed by atoms with van der Waals surface area (Å²) >= 11 is 7.30. The zero-order chi connectivity index (χ0) is 17.9. The summed E-state index contributed by atoms with van der Waals surface area (Å²) in [7, 11) is 0.350. The van der Waals surface area contributed by atoms with E-state index in [2.05, 4.69) is 5.32 Å². The number of carbonyl (C=O) groups is 1. The maximum atomic E-state index is 12.9. The van der Waals surface area contributed by atoms with Crippen LogP contribution in [0.25, 0.3) is 0 Å². The molecule has 1 aromatic rings. The molecule has 1 saturated heterocycles. The monoisotopic (exact) mass is 429 g/mol. The Kier molecular flexibility index (Phi) is 8.47. The second kappa shape index (κ2) is 9.41. The van der Waals surface area contributed by atoms with E-state index in [-0.39, 0.29) is 29.2 Å². The number of hydrogen-bond donors (Lipinski definition) is 1.